The number of nitrogens with zero attached hydrogens (tertiary/aromatic N) is 4. The van der Waals surface area contributed by atoms with Crippen molar-refractivity contribution in [2.24, 2.45) is 12.0 Å². The number of benzene rings is 1. The number of thiophene rings is 1. The van der Waals surface area contributed by atoms with Gasteiger partial charge in [0.15, 0.2) is 11.8 Å². The summed E-state index contributed by atoms with van der Waals surface area (Å²) < 4.78 is 1.97. The average molecular weight is 553 g/mol. The zero-order valence-electron chi connectivity index (χ0n) is 19.0. The van der Waals surface area contributed by atoms with E-state index in [9.17, 15) is 0 Å². The number of guanidine groups is 1. The average Bonchev–Trinajstić information content (AvgIpc) is 3.38. The SMILES string of the molecule is CCc1ccc(C(C)(C)CNC(=NCc2nnc(C)n2C)NCc2cccs2)cc1.I. The molecule has 31 heavy (non-hydrogen) atoms. The molecule has 168 valence electrons. The Morgan fingerprint density at radius 1 is 1.13 bits per heavy atom. The minimum absolute atomic E-state index is 0. The van der Waals surface area contributed by atoms with E-state index in [-0.39, 0.29) is 29.4 Å². The molecule has 0 spiro atoms. The highest BCUT2D eigenvalue weighted by Gasteiger charge is 2.21. The normalized spacial score (nSPS) is 11.8. The van der Waals surface area contributed by atoms with E-state index in [1.165, 1.54) is 16.0 Å². The zero-order chi connectivity index (χ0) is 21.6. The maximum atomic E-state index is 4.77. The van der Waals surface area contributed by atoms with Crippen LogP contribution in [0, 0.1) is 6.92 Å². The Kier molecular flexibility index (Phi) is 9.49. The monoisotopic (exact) mass is 552 g/mol. The molecule has 0 unspecified atom stereocenters. The summed E-state index contributed by atoms with van der Waals surface area (Å²) in [5.41, 5.74) is 2.65. The van der Waals surface area contributed by atoms with Gasteiger partial charge < -0.3 is 15.2 Å². The quantitative estimate of drug-likeness (QED) is 0.244. The molecule has 0 amide bonds. The van der Waals surface area contributed by atoms with Crippen LogP contribution in [0.25, 0.3) is 0 Å². The molecule has 0 bridgehead atoms. The van der Waals surface area contributed by atoms with Gasteiger partial charge in [0.05, 0.1) is 6.54 Å². The second-order valence-corrected chi connectivity index (χ2v) is 9.14. The van der Waals surface area contributed by atoms with E-state index in [4.69, 9.17) is 4.99 Å². The van der Waals surface area contributed by atoms with E-state index in [0.717, 1.165) is 37.1 Å². The fraction of sp³-hybridized carbons (Fsp3) is 0.435. The molecule has 3 rings (SSSR count). The van der Waals surface area contributed by atoms with Gasteiger partial charge in [0.1, 0.15) is 12.4 Å². The molecule has 0 radical (unpaired) electrons. The number of nitrogens with one attached hydrogen (secondary N) is 2. The van der Waals surface area contributed by atoms with Gasteiger partial charge in [-0.05, 0) is 35.9 Å². The number of aryl methyl sites for hydroxylation is 2. The number of aromatic nitrogens is 3. The van der Waals surface area contributed by atoms with Gasteiger partial charge in [0.25, 0.3) is 0 Å². The summed E-state index contributed by atoms with van der Waals surface area (Å²) in [4.78, 5) is 6.04. The Morgan fingerprint density at radius 2 is 1.87 bits per heavy atom. The highest BCUT2D eigenvalue weighted by molar-refractivity contribution is 14.0. The van der Waals surface area contributed by atoms with Crippen LogP contribution in [0.5, 0.6) is 0 Å². The van der Waals surface area contributed by atoms with Crippen molar-refractivity contribution in [2.45, 2.75) is 52.6 Å². The topological polar surface area (TPSA) is 67.1 Å². The molecule has 0 aliphatic rings. The summed E-state index contributed by atoms with van der Waals surface area (Å²) in [5, 5.41) is 17.4. The second kappa shape index (κ2) is 11.6. The van der Waals surface area contributed by atoms with Gasteiger partial charge in [-0.2, -0.15) is 0 Å². The Morgan fingerprint density at radius 3 is 2.45 bits per heavy atom. The molecule has 0 saturated heterocycles. The number of hydrogen-bond acceptors (Lipinski definition) is 4. The van der Waals surface area contributed by atoms with E-state index in [1.54, 1.807) is 11.3 Å². The van der Waals surface area contributed by atoms with Gasteiger partial charge in [-0.1, -0.05) is 51.1 Å². The van der Waals surface area contributed by atoms with Crippen LogP contribution in [-0.2, 0) is 32.0 Å². The summed E-state index contributed by atoms with van der Waals surface area (Å²) in [6, 6.07) is 13.1. The Labute approximate surface area is 206 Å². The highest BCUT2D eigenvalue weighted by Crippen LogP contribution is 2.23. The van der Waals surface area contributed by atoms with Crippen LogP contribution < -0.4 is 10.6 Å². The first-order chi connectivity index (χ1) is 14.4. The molecule has 2 aromatic heterocycles. The highest BCUT2D eigenvalue weighted by atomic mass is 127. The summed E-state index contributed by atoms with van der Waals surface area (Å²) in [6.45, 7) is 10.6. The van der Waals surface area contributed by atoms with Crippen LogP contribution in [0.15, 0.2) is 46.8 Å². The Bertz CT molecular complexity index is 961. The van der Waals surface area contributed by atoms with E-state index in [1.807, 2.05) is 18.5 Å². The molecular weight excluding hydrogens is 519 g/mol. The third kappa shape index (κ3) is 7.03. The van der Waals surface area contributed by atoms with Gasteiger partial charge in [-0.25, -0.2) is 4.99 Å². The molecule has 0 aliphatic carbocycles. The van der Waals surface area contributed by atoms with Crippen LogP contribution in [0.2, 0.25) is 0 Å². The van der Waals surface area contributed by atoms with Crippen molar-refractivity contribution >= 4 is 41.3 Å². The molecular formula is C23H33IN6S. The number of aliphatic imine (C=N–C) groups is 1. The van der Waals surface area contributed by atoms with Gasteiger partial charge in [0, 0.05) is 23.9 Å². The third-order valence-electron chi connectivity index (χ3n) is 5.41. The Hall–Kier alpha value is -1.94. The molecule has 2 heterocycles. The number of hydrogen-bond donors (Lipinski definition) is 2. The van der Waals surface area contributed by atoms with Crippen molar-refractivity contribution in [2.75, 3.05) is 6.54 Å². The van der Waals surface area contributed by atoms with Gasteiger partial charge in [-0.15, -0.1) is 45.5 Å². The van der Waals surface area contributed by atoms with Crippen LogP contribution >= 0.6 is 35.3 Å². The first-order valence-corrected chi connectivity index (χ1v) is 11.3. The summed E-state index contributed by atoms with van der Waals surface area (Å²) in [7, 11) is 1.97. The fourth-order valence-electron chi connectivity index (χ4n) is 3.10. The van der Waals surface area contributed by atoms with Gasteiger partial charge in [-0.3, -0.25) is 0 Å². The van der Waals surface area contributed by atoms with Gasteiger partial charge in [0.2, 0.25) is 0 Å². The lowest BCUT2D eigenvalue weighted by Crippen LogP contribution is -2.43. The molecule has 0 aliphatic heterocycles. The predicted octanol–water partition coefficient (Wildman–Crippen LogP) is 4.58. The smallest absolute Gasteiger partial charge is 0.192 e. The first kappa shape index (κ1) is 25.3. The lowest BCUT2D eigenvalue weighted by molar-refractivity contribution is 0.508. The first-order valence-electron chi connectivity index (χ1n) is 10.4. The standard InChI is InChI=1S/C23H32N6S.HI/c1-6-18-9-11-19(12-10-18)23(3,4)16-26-22(24-14-20-8-7-13-30-20)25-15-21-28-27-17(2)29(21)5;/h7-13H,6,14-16H2,1-5H3,(H2,24,25,26);1H. The van der Waals surface area contributed by atoms with Crippen molar-refractivity contribution in [3.8, 4) is 0 Å². The van der Waals surface area contributed by atoms with Crippen molar-refractivity contribution in [1.29, 1.82) is 0 Å². The molecule has 0 atom stereocenters. The summed E-state index contributed by atoms with van der Waals surface area (Å²) in [6.07, 6.45) is 1.06. The molecule has 0 fully saturated rings. The minimum Gasteiger partial charge on any atom is -0.356 e. The maximum Gasteiger partial charge on any atom is 0.192 e. The lowest BCUT2D eigenvalue weighted by atomic mass is 9.84. The molecule has 6 nitrogen and oxygen atoms in total. The maximum absolute atomic E-state index is 4.77. The van der Waals surface area contributed by atoms with Crippen LogP contribution in [0.1, 0.15) is 48.4 Å². The molecule has 0 saturated carbocycles. The second-order valence-electron chi connectivity index (χ2n) is 8.11. The summed E-state index contributed by atoms with van der Waals surface area (Å²) in [5.74, 6) is 2.51. The Balaban J connectivity index is 0.00000341. The molecule has 1 aromatic carbocycles. The van der Waals surface area contributed by atoms with Crippen LogP contribution in [0.4, 0.5) is 0 Å². The van der Waals surface area contributed by atoms with E-state index in [0.29, 0.717) is 6.54 Å². The fourth-order valence-corrected chi connectivity index (χ4v) is 3.74. The van der Waals surface area contributed by atoms with Crippen molar-refractivity contribution in [1.82, 2.24) is 25.4 Å². The number of halogens is 1. The predicted molar refractivity (Wildman–Crippen MR) is 140 cm³/mol. The van der Waals surface area contributed by atoms with Gasteiger partial charge >= 0.3 is 0 Å². The van der Waals surface area contributed by atoms with E-state index >= 15 is 0 Å². The van der Waals surface area contributed by atoms with Crippen molar-refractivity contribution < 1.29 is 0 Å². The molecule has 3 aromatic rings. The minimum atomic E-state index is -0.0287. The lowest BCUT2D eigenvalue weighted by Gasteiger charge is -2.27. The largest absolute Gasteiger partial charge is 0.356 e. The van der Waals surface area contributed by atoms with Crippen molar-refractivity contribution in [3.63, 3.8) is 0 Å². The number of rotatable bonds is 8. The summed E-state index contributed by atoms with van der Waals surface area (Å²) >= 11 is 1.74. The third-order valence-corrected chi connectivity index (χ3v) is 6.29. The van der Waals surface area contributed by atoms with Crippen molar-refractivity contribution in [3.05, 3.63) is 69.4 Å². The molecule has 2 N–H and O–H groups in total. The van der Waals surface area contributed by atoms with Crippen LogP contribution in [0.3, 0.4) is 0 Å². The van der Waals surface area contributed by atoms with E-state index < -0.39 is 0 Å². The van der Waals surface area contributed by atoms with Crippen LogP contribution in [-0.4, -0.2) is 27.3 Å². The zero-order valence-corrected chi connectivity index (χ0v) is 22.1. The molecule has 8 heteroatoms. The van der Waals surface area contributed by atoms with E-state index in [2.05, 4.69) is 83.4 Å².